The average molecular weight is 569 g/mol. The van der Waals surface area contributed by atoms with E-state index >= 15 is 0 Å². The Kier molecular flexibility index (Phi) is 10.9. The maximum absolute atomic E-state index is 13.8. The molecule has 0 aromatic heterocycles. The normalized spacial score (nSPS) is 12.1. The van der Waals surface area contributed by atoms with Crippen molar-refractivity contribution in [3.05, 3.63) is 63.2 Å². The van der Waals surface area contributed by atoms with Crippen LogP contribution in [0.1, 0.15) is 32.8 Å². The average Bonchev–Trinajstić information content (AvgIpc) is 2.85. The Bertz CT molecular complexity index is 1270. The molecule has 1 unspecified atom stereocenters. The number of methoxy groups -OCH3 is 1. The van der Waals surface area contributed by atoms with Crippen LogP contribution in [0.5, 0.6) is 5.75 Å². The Labute approximate surface area is 227 Å². The van der Waals surface area contributed by atoms with Crippen LogP contribution in [-0.4, -0.2) is 62.6 Å². The molecule has 0 aliphatic heterocycles. The summed E-state index contributed by atoms with van der Waals surface area (Å²) in [5.41, 5.74) is 0.0123. The van der Waals surface area contributed by atoms with E-state index in [1.165, 1.54) is 24.1 Å². The molecule has 2 aromatic rings. The molecule has 0 radical (unpaired) electrons. The number of hydrogen-bond donors (Lipinski definition) is 1. The van der Waals surface area contributed by atoms with Crippen LogP contribution in [0.2, 0.25) is 5.02 Å². The van der Waals surface area contributed by atoms with Crippen molar-refractivity contribution < 1.29 is 27.7 Å². The zero-order valence-corrected chi connectivity index (χ0v) is 23.6. The quantitative estimate of drug-likeness (QED) is 0.287. The minimum atomic E-state index is -4.12. The van der Waals surface area contributed by atoms with Gasteiger partial charge in [-0.15, -0.1) is 0 Å². The fraction of sp³-hybridized carbons (Fsp3) is 0.440. The fourth-order valence-electron chi connectivity index (χ4n) is 3.73. The molecule has 2 aromatic carbocycles. The summed E-state index contributed by atoms with van der Waals surface area (Å²) in [4.78, 5) is 38.8. The van der Waals surface area contributed by atoms with E-state index in [1.54, 1.807) is 31.2 Å². The molecule has 0 heterocycles. The Morgan fingerprint density at radius 3 is 2.37 bits per heavy atom. The first-order chi connectivity index (χ1) is 17.8. The smallest absolute Gasteiger partial charge is 0.271 e. The van der Waals surface area contributed by atoms with Crippen molar-refractivity contribution in [2.75, 3.05) is 30.8 Å². The van der Waals surface area contributed by atoms with Crippen LogP contribution >= 0.6 is 11.6 Å². The highest BCUT2D eigenvalue weighted by molar-refractivity contribution is 7.92. The van der Waals surface area contributed by atoms with E-state index < -0.39 is 33.4 Å². The largest absolute Gasteiger partial charge is 0.495 e. The number of amides is 2. The summed E-state index contributed by atoms with van der Waals surface area (Å²) in [5.74, 6) is -0.893. The van der Waals surface area contributed by atoms with Gasteiger partial charge in [0, 0.05) is 30.2 Å². The lowest BCUT2D eigenvalue weighted by Crippen LogP contribution is -2.52. The van der Waals surface area contributed by atoms with Crippen LogP contribution in [0.25, 0.3) is 0 Å². The van der Waals surface area contributed by atoms with Crippen LogP contribution in [0.4, 0.5) is 11.4 Å². The van der Waals surface area contributed by atoms with E-state index in [0.29, 0.717) is 17.1 Å². The SMILES string of the molecule is CCC(C(=O)NCC(C)C)N(Cc1ccccc1Cl)C(=O)CN(c1cc([N+](=O)[O-])ccc1OC)S(C)(=O)=O. The van der Waals surface area contributed by atoms with Gasteiger partial charge in [0.05, 0.1) is 18.3 Å². The standard InChI is InChI=1S/C25H33ClN4O7S/c1-6-21(25(32)27-14-17(2)3)28(15-18-9-7-8-10-20(18)26)24(31)16-29(38(5,35)36)22-13-19(30(33)34)11-12-23(22)37-4/h7-13,17,21H,6,14-16H2,1-5H3,(H,27,32). The molecule has 0 aliphatic rings. The lowest BCUT2D eigenvalue weighted by Gasteiger charge is -2.33. The molecule has 0 bridgehead atoms. The highest BCUT2D eigenvalue weighted by atomic mass is 35.5. The van der Waals surface area contributed by atoms with E-state index in [9.17, 15) is 28.1 Å². The minimum absolute atomic E-state index is 0.0215. The fourth-order valence-corrected chi connectivity index (χ4v) is 4.77. The number of halogens is 1. The Morgan fingerprint density at radius 1 is 1.18 bits per heavy atom. The second-order valence-electron chi connectivity index (χ2n) is 9.06. The van der Waals surface area contributed by atoms with Crippen LogP contribution in [0.3, 0.4) is 0 Å². The summed E-state index contributed by atoms with van der Waals surface area (Å²) in [6, 6.07) is 9.34. The van der Waals surface area contributed by atoms with E-state index in [1.807, 2.05) is 13.8 Å². The summed E-state index contributed by atoms with van der Waals surface area (Å²) in [6.07, 6.45) is 1.13. The molecule has 11 nitrogen and oxygen atoms in total. The molecule has 38 heavy (non-hydrogen) atoms. The number of anilines is 1. The molecule has 1 atom stereocenters. The first-order valence-corrected chi connectivity index (χ1v) is 14.1. The first kappa shape index (κ1) is 30.8. The summed E-state index contributed by atoms with van der Waals surface area (Å²) in [5, 5.41) is 14.6. The molecule has 13 heteroatoms. The third-order valence-corrected chi connectivity index (χ3v) is 7.19. The van der Waals surface area contributed by atoms with Gasteiger partial charge in [-0.1, -0.05) is 50.6 Å². The Morgan fingerprint density at radius 2 is 1.84 bits per heavy atom. The molecule has 0 spiro atoms. The van der Waals surface area contributed by atoms with Gasteiger partial charge in [0.25, 0.3) is 5.69 Å². The zero-order chi connectivity index (χ0) is 28.6. The van der Waals surface area contributed by atoms with Gasteiger partial charge in [-0.3, -0.25) is 24.0 Å². The second-order valence-corrected chi connectivity index (χ2v) is 11.4. The van der Waals surface area contributed by atoms with E-state index in [4.69, 9.17) is 16.3 Å². The van der Waals surface area contributed by atoms with Gasteiger partial charge in [0.15, 0.2) is 0 Å². The maximum atomic E-state index is 13.8. The van der Waals surface area contributed by atoms with E-state index in [2.05, 4.69) is 5.32 Å². The lowest BCUT2D eigenvalue weighted by molar-refractivity contribution is -0.384. The van der Waals surface area contributed by atoms with Gasteiger partial charge in [0.1, 0.15) is 24.0 Å². The molecule has 2 rings (SSSR count). The van der Waals surface area contributed by atoms with E-state index in [0.717, 1.165) is 16.6 Å². The van der Waals surface area contributed by atoms with Gasteiger partial charge >= 0.3 is 0 Å². The second kappa shape index (κ2) is 13.4. The zero-order valence-electron chi connectivity index (χ0n) is 22.0. The number of nitro benzene ring substituents is 1. The molecule has 0 saturated heterocycles. The van der Waals surface area contributed by atoms with Crippen molar-refractivity contribution in [2.45, 2.75) is 39.8 Å². The van der Waals surface area contributed by atoms with Crippen LogP contribution in [-0.2, 0) is 26.2 Å². The van der Waals surface area contributed by atoms with Gasteiger partial charge < -0.3 is 15.0 Å². The number of ether oxygens (including phenoxy) is 1. The summed E-state index contributed by atoms with van der Waals surface area (Å²) in [7, 11) is -2.84. The number of hydrogen-bond acceptors (Lipinski definition) is 7. The van der Waals surface area contributed by atoms with Gasteiger partial charge in [-0.25, -0.2) is 8.42 Å². The first-order valence-electron chi connectivity index (χ1n) is 11.9. The van der Waals surface area contributed by atoms with Gasteiger partial charge in [0.2, 0.25) is 21.8 Å². The summed E-state index contributed by atoms with van der Waals surface area (Å²) >= 11 is 6.34. The number of nitrogens with one attached hydrogen (secondary N) is 1. The molecule has 0 aliphatic carbocycles. The summed E-state index contributed by atoms with van der Waals surface area (Å²) in [6.45, 7) is 5.22. The third-order valence-electron chi connectivity index (χ3n) is 5.69. The highest BCUT2D eigenvalue weighted by Gasteiger charge is 2.33. The molecule has 0 saturated carbocycles. The van der Waals surface area contributed by atoms with Crippen LogP contribution < -0.4 is 14.4 Å². The predicted molar refractivity (Wildman–Crippen MR) is 146 cm³/mol. The van der Waals surface area contributed by atoms with Gasteiger partial charge in [-0.2, -0.15) is 0 Å². The van der Waals surface area contributed by atoms with Crippen molar-refractivity contribution in [3.8, 4) is 5.75 Å². The van der Waals surface area contributed by atoms with Crippen molar-refractivity contribution in [1.82, 2.24) is 10.2 Å². The van der Waals surface area contributed by atoms with Crippen LogP contribution in [0, 0.1) is 16.0 Å². The number of rotatable bonds is 13. The number of carbonyl (C=O) groups excluding carboxylic acids is 2. The number of benzene rings is 2. The van der Waals surface area contributed by atoms with Crippen molar-refractivity contribution >= 4 is 44.8 Å². The van der Waals surface area contributed by atoms with E-state index in [-0.39, 0.29) is 41.9 Å². The number of carbonyl (C=O) groups is 2. The molecule has 2 amide bonds. The lowest BCUT2D eigenvalue weighted by atomic mass is 10.1. The molecule has 0 fully saturated rings. The third kappa shape index (κ3) is 8.06. The van der Waals surface area contributed by atoms with Crippen molar-refractivity contribution in [3.63, 3.8) is 0 Å². The minimum Gasteiger partial charge on any atom is -0.495 e. The highest BCUT2D eigenvalue weighted by Crippen LogP contribution is 2.34. The predicted octanol–water partition coefficient (Wildman–Crippen LogP) is 3.60. The number of nitrogens with zero attached hydrogens (tertiary/aromatic N) is 3. The maximum Gasteiger partial charge on any atom is 0.271 e. The Balaban J connectivity index is 2.56. The molecular weight excluding hydrogens is 536 g/mol. The summed E-state index contributed by atoms with van der Waals surface area (Å²) < 4.78 is 31.6. The van der Waals surface area contributed by atoms with Gasteiger partial charge in [-0.05, 0) is 30.0 Å². The monoisotopic (exact) mass is 568 g/mol. The topological polar surface area (TPSA) is 139 Å². The number of sulfonamides is 1. The van der Waals surface area contributed by atoms with Crippen molar-refractivity contribution in [2.24, 2.45) is 5.92 Å². The number of non-ortho nitro benzene ring substituents is 1. The molecule has 208 valence electrons. The van der Waals surface area contributed by atoms with Crippen LogP contribution in [0.15, 0.2) is 42.5 Å². The van der Waals surface area contributed by atoms with Crippen molar-refractivity contribution in [1.29, 1.82) is 0 Å². The molecule has 1 N–H and O–H groups in total. The number of nitro groups is 1. The molecular formula is C25H33ClN4O7S. The Hall–Kier alpha value is -3.38.